The highest BCUT2D eigenvalue weighted by atomic mass is 16.1. The number of carbonyl (C=O) groups is 1. The maximum atomic E-state index is 12.0. The Balaban J connectivity index is 1.53. The van der Waals surface area contributed by atoms with Gasteiger partial charge in [-0.3, -0.25) is 15.0 Å². The molecule has 1 fully saturated rings. The number of nitrogens with one attached hydrogen (secondary N) is 3. The third-order valence-corrected chi connectivity index (χ3v) is 3.74. The van der Waals surface area contributed by atoms with E-state index in [1.807, 2.05) is 19.9 Å². The van der Waals surface area contributed by atoms with E-state index in [4.69, 9.17) is 0 Å². The average Bonchev–Trinajstić information content (AvgIpc) is 3.10. The van der Waals surface area contributed by atoms with Gasteiger partial charge in [0.1, 0.15) is 0 Å². The lowest BCUT2D eigenvalue weighted by molar-refractivity contribution is -0.120. The number of nitrogens with zero attached hydrogens (tertiary/aromatic N) is 2. The van der Waals surface area contributed by atoms with Crippen molar-refractivity contribution in [3.05, 3.63) is 34.4 Å². The van der Waals surface area contributed by atoms with Crippen LogP contribution < -0.4 is 5.32 Å². The summed E-state index contributed by atoms with van der Waals surface area (Å²) < 4.78 is 0. The van der Waals surface area contributed by atoms with E-state index in [0.29, 0.717) is 18.9 Å². The van der Waals surface area contributed by atoms with Gasteiger partial charge in [-0.05, 0) is 32.8 Å². The maximum absolute atomic E-state index is 12.0. The molecule has 2 aromatic heterocycles. The number of rotatable bonds is 5. The fourth-order valence-corrected chi connectivity index (χ4v) is 2.31. The molecule has 2 heterocycles. The minimum Gasteiger partial charge on any atom is -0.350 e. The van der Waals surface area contributed by atoms with E-state index in [0.717, 1.165) is 28.3 Å². The van der Waals surface area contributed by atoms with E-state index in [2.05, 4.69) is 25.7 Å². The first-order valence-corrected chi connectivity index (χ1v) is 6.95. The molecule has 1 aliphatic carbocycles. The lowest BCUT2D eigenvalue weighted by Crippen LogP contribution is -2.25. The largest absolute Gasteiger partial charge is 0.350 e. The molecule has 2 aromatic rings. The average molecular weight is 273 g/mol. The predicted octanol–water partition coefficient (Wildman–Crippen LogP) is 1.49. The lowest BCUT2D eigenvalue weighted by atomic mass is 10.1. The standard InChI is InChI=1S/C14H19N5O/c1-8-12(9(2)17-16-8)6-14(20)15-7-11-5-13(19-18-11)10-3-4-10/h5,10H,3-4,6-7H2,1-2H3,(H,15,20)(H,16,17)(H,18,19). The molecule has 6 heteroatoms. The van der Waals surface area contributed by atoms with Crippen molar-refractivity contribution in [1.29, 1.82) is 0 Å². The zero-order valence-corrected chi connectivity index (χ0v) is 11.8. The summed E-state index contributed by atoms with van der Waals surface area (Å²) in [4.78, 5) is 12.0. The Labute approximate surface area is 117 Å². The van der Waals surface area contributed by atoms with Gasteiger partial charge in [-0.1, -0.05) is 0 Å². The zero-order chi connectivity index (χ0) is 14.1. The van der Waals surface area contributed by atoms with Crippen molar-refractivity contribution in [3.63, 3.8) is 0 Å². The second kappa shape index (κ2) is 5.11. The molecule has 0 unspecified atom stereocenters. The number of hydrogen-bond acceptors (Lipinski definition) is 3. The number of H-pyrrole nitrogens is 2. The monoisotopic (exact) mass is 273 g/mol. The van der Waals surface area contributed by atoms with Crippen molar-refractivity contribution < 1.29 is 4.79 Å². The first kappa shape index (κ1) is 12.9. The molecule has 0 atom stereocenters. The first-order chi connectivity index (χ1) is 9.63. The van der Waals surface area contributed by atoms with E-state index >= 15 is 0 Å². The van der Waals surface area contributed by atoms with Crippen LogP contribution in [-0.4, -0.2) is 26.3 Å². The minimum atomic E-state index is 0.000159. The Kier molecular flexibility index (Phi) is 3.30. The number of carbonyl (C=O) groups excluding carboxylic acids is 1. The minimum absolute atomic E-state index is 0.000159. The number of aromatic amines is 2. The quantitative estimate of drug-likeness (QED) is 0.771. The Morgan fingerprint density at radius 2 is 2.15 bits per heavy atom. The number of aryl methyl sites for hydroxylation is 2. The summed E-state index contributed by atoms with van der Waals surface area (Å²) in [5.74, 6) is 0.632. The molecule has 0 saturated heterocycles. The normalized spacial score (nSPS) is 14.5. The summed E-state index contributed by atoms with van der Waals surface area (Å²) in [6.45, 7) is 4.33. The predicted molar refractivity (Wildman–Crippen MR) is 74.2 cm³/mol. The van der Waals surface area contributed by atoms with E-state index in [1.54, 1.807) is 0 Å². The molecule has 6 nitrogen and oxygen atoms in total. The summed E-state index contributed by atoms with van der Waals surface area (Å²) >= 11 is 0. The summed E-state index contributed by atoms with van der Waals surface area (Å²) in [5.41, 5.74) is 4.90. The van der Waals surface area contributed by atoms with Gasteiger partial charge in [0.15, 0.2) is 0 Å². The van der Waals surface area contributed by atoms with Crippen LogP contribution in [-0.2, 0) is 17.8 Å². The molecule has 1 saturated carbocycles. The molecule has 1 aliphatic rings. The second-order valence-electron chi connectivity index (χ2n) is 5.46. The Morgan fingerprint density at radius 3 is 2.80 bits per heavy atom. The van der Waals surface area contributed by atoms with Crippen molar-refractivity contribution in [3.8, 4) is 0 Å². The molecular formula is C14H19N5O. The third-order valence-electron chi connectivity index (χ3n) is 3.74. The Bertz CT molecular complexity index is 604. The molecule has 1 amide bonds. The highest BCUT2D eigenvalue weighted by Crippen LogP contribution is 2.38. The van der Waals surface area contributed by atoms with Gasteiger partial charge >= 0.3 is 0 Å². The van der Waals surface area contributed by atoms with Crippen LogP contribution in [0.3, 0.4) is 0 Å². The molecule has 3 rings (SSSR count). The molecule has 0 bridgehead atoms. The Morgan fingerprint density at radius 1 is 1.35 bits per heavy atom. The van der Waals surface area contributed by atoms with Crippen LogP contribution in [0.15, 0.2) is 6.07 Å². The van der Waals surface area contributed by atoms with Crippen LogP contribution in [0, 0.1) is 13.8 Å². The fourth-order valence-electron chi connectivity index (χ4n) is 2.31. The summed E-state index contributed by atoms with van der Waals surface area (Å²) in [6, 6.07) is 2.05. The van der Waals surface area contributed by atoms with Crippen molar-refractivity contribution in [2.45, 2.75) is 45.6 Å². The molecule has 20 heavy (non-hydrogen) atoms. The van der Waals surface area contributed by atoms with E-state index in [9.17, 15) is 4.79 Å². The van der Waals surface area contributed by atoms with Crippen LogP contribution in [0.1, 0.15) is 47.1 Å². The van der Waals surface area contributed by atoms with Crippen LogP contribution >= 0.6 is 0 Å². The fraction of sp³-hybridized carbons (Fsp3) is 0.500. The van der Waals surface area contributed by atoms with Crippen molar-refractivity contribution in [1.82, 2.24) is 25.7 Å². The summed E-state index contributed by atoms with van der Waals surface area (Å²) in [7, 11) is 0. The molecule has 0 radical (unpaired) electrons. The van der Waals surface area contributed by atoms with Crippen molar-refractivity contribution in [2.24, 2.45) is 0 Å². The highest BCUT2D eigenvalue weighted by molar-refractivity contribution is 5.79. The van der Waals surface area contributed by atoms with Gasteiger partial charge in [0.05, 0.1) is 30.0 Å². The van der Waals surface area contributed by atoms with E-state index in [1.165, 1.54) is 12.8 Å². The van der Waals surface area contributed by atoms with Gasteiger partial charge in [-0.25, -0.2) is 0 Å². The van der Waals surface area contributed by atoms with E-state index in [-0.39, 0.29) is 5.91 Å². The van der Waals surface area contributed by atoms with Gasteiger partial charge in [0, 0.05) is 17.2 Å². The zero-order valence-electron chi connectivity index (χ0n) is 11.8. The highest BCUT2D eigenvalue weighted by Gasteiger charge is 2.26. The molecule has 0 aromatic carbocycles. The smallest absolute Gasteiger partial charge is 0.224 e. The lowest BCUT2D eigenvalue weighted by Gasteiger charge is -2.03. The van der Waals surface area contributed by atoms with Gasteiger partial charge in [-0.15, -0.1) is 0 Å². The topological polar surface area (TPSA) is 86.5 Å². The van der Waals surface area contributed by atoms with Crippen LogP contribution in [0.4, 0.5) is 0 Å². The van der Waals surface area contributed by atoms with Crippen molar-refractivity contribution >= 4 is 5.91 Å². The van der Waals surface area contributed by atoms with Gasteiger partial charge in [-0.2, -0.15) is 10.2 Å². The molecule has 0 spiro atoms. The van der Waals surface area contributed by atoms with Crippen LogP contribution in [0.25, 0.3) is 0 Å². The van der Waals surface area contributed by atoms with E-state index < -0.39 is 0 Å². The van der Waals surface area contributed by atoms with Gasteiger partial charge < -0.3 is 5.32 Å². The second-order valence-corrected chi connectivity index (χ2v) is 5.46. The van der Waals surface area contributed by atoms with Crippen LogP contribution in [0.5, 0.6) is 0 Å². The summed E-state index contributed by atoms with van der Waals surface area (Å²) in [5, 5.41) is 17.2. The number of aromatic nitrogens is 4. The molecule has 106 valence electrons. The maximum Gasteiger partial charge on any atom is 0.224 e. The first-order valence-electron chi connectivity index (χ1n) is 6.95. The number of hydrogen-bond donors (Lipinski definition) is 3. The summed E-state index contributed by atoms with van der Waals surface area (Å²) in [6.07, 6.45) is 2.82. The molecule has 0 aliphatic heterocycles. The third kappa shape index (κ3) is 2.74. The van der Waals surface area contributed by atoms with Crippen molar-refractivity contribution in [2.75, 3.05) is 0 Å². The van der Waals surface area contributed by atoms with Gasteiger partial charge in [0.25, 0.3) is 0 Å². The number of amides is 1. The SMILES string of the molecule is Cc1n[nH]c(C)c1CC(=O)NCc1cc(C2CC2)n[nH]1. The van der Waals surface area contributed by atoms with Gasteiger partial charge in [0.2, 0.25) is 5.91 Å². The molecule has 3 N–H and O–H groups in total. The van der Waals surface area contributed by atoms with Crippen LogP contribution in [0.2, 0.25) is 0 Å². The molecular weight excluding hydrogens is 254 g/mol. The Hall–Kier alpha value is -2.11.